The van der Waals surface area contributed by atoms with Gasteiger partial charge in [-0.3, -0.25) is 0 Å². The summed E-state index contributed by atoms with van der Waals surface area (Å²) in [6, 6.07) is 25.8. The topological polar surface area (TPSA) is 24.1 Å². The molecule has 2 heteroatoms. The van der Waals surface area contributed by atoms with Gasteiger partial charge in [-0.15, -0.1) is 0 Å². The Kier molecular flexibility index (Phi) is 6.76. The quantitative estimate of drug-likeness (QED) is 0.458. The van der Waals surface area contributed by atoms with Crippen LogP contribution in [-0.4, -0.2) is 0 Å². The Morgan fingerprint density at radius 1 is 0.643 bits per heavy atom. The van der Waals surface area contributed by atoms with Gasteiger partial charge in [0.05, 0.1) is 11.4 Å². The van der Waals surface area contributed by atoms with Crippen molar-refractivity contribution in [1.82, 2.24) is 0 Å². The molecule has 0 bridgehead atoms. The number of para-hydroxylation sites is 1. The lowest BCUT2D eigenvalue weighted by Gasteiger charge is -2.27. The first-order valence-corrected chi connectivity index (χ1v) is 10.5. The highest BCUT2D eigenvalue weighted by Crippen LogP contribution is 2.36. The molecule has 0 saturated carbocycles. The summed E-state index contributed by atoms with van der Waals surface area (Å²) in [6.07, 6.45) is 2.28. The van der Waals surface area contributed by atoms with Gasteiger partial charge < -0.3 is 10.9 Å². The smallest absolute Gasteiger partial charge is 0.0543 e. The van der Waals surface area contributed by atoms with Gasteiger partial charge in [0.2, 0.25) is 0 Å². The van der Waals surface area contributed by atoms with Gasteiger partial charge in [0, 0.05) is 2.85 Å². The molecular weight excluding hydrogens is 340 g/mol. The summed E-state index contributed by atoms with van der Waals surface area (Å²) in [7, 11) is 0. The summed E-state index contributed by atoms with van der Waals surface area (Å²) in [6.45, 7) is 8.76. The van der Waals surface area contributed by atoms with E-state index in [2.05, 4.69) is 79.3 Å². The predicted octanol–water partition coefficient (Wildman–Crippen LogP) is 7.68. The second kappa shape index (κ2) is 9.45. The standard InChI is InChI=1S/C24H26N2.C2H6.2H2/c1-17-14-19-8-6-7-11-23(19)24-13-12-22(16-20(24)15-18(17)2)26-25-21-9-4-3-5-10-21;1-2;;/h3-13,16-18,25-26H,14-15H2,1-2H3;1-2H3;2*1H. The molecule has 2 atom stereocenters. The third-order valence-corrected chi connectivity index (χ3v) is 5.59. The van der Waals surface area contributed by atoms with Crippen molar-refractivity contribution in [2.24, 2.45) is 11.8 Å². The number of hydrogen-bond acceptors (Lipinski definition) is 2. The number of benzene rings is 3. The molecule has 0 fully saturated rings. The van der Waals surface area contributed by atoms with Gasteiger partial charge >= 0.3 is 0 Å². The highest BCUT2D eigenvalue weighted by Gasteiger charge is 2.21. The van der Waals surface area contributed by atoms with Crippen LogP contribution in [0.5, 0.6) is 0 Å². The van der Waals surface area contributed by atoms with Crippen LogP contribution in [-0.2, 0) is 12.8 Å². The van der Waals surface area contributed by atoms with Gasteiger partial charge in [-0.05, 0) is 71.2 Å². The summed E-state index contributed by atoms with van der Waals surface area (Å²) < 4.78 is 0. The van der Waals surface area contributed by atoms with Gasteiger partial charge in [0.25, 0.3) is 0 Å². The molecule has 0 aromatic heterocycles. The molecule has 28 heavy (non-hydrogen) atoms. The van der Waals surface area contributed by atoms with Crippen LogP contribution in [0.15, 0.2) is 72.8 Å². The number of fused-ring (bicyclic) bond motifs is 3. The Morgan fingerprint density at radius 3 is 1.96 bits per heavy atom. The summed E-state index contributed by atoms with van der Waals surface area (Å²) in [5.41, 5.74) is 14.5. The van der Waals surface area contributed by atoms with Crippen LogP contribution in [0.25, 0.3) is 11.1 Å². The Balaban J connectivity index is 0.00000109. The van der Waals surface area contributed by atoms with Crippen molar-refractivity contribution < 1.29 is 2.85 Å². The third-order valence-electron chi connectivity index (χ3n) is 5.59. The molecule has 1 aliphatic rings. The van der Waals surface area contributed by atoms with Crippen molar-refractivity contribution in [2.45, 2.75) is 40.5 Å². The first kappa shape index (κ1) is 20.0. The lowest BCUT2D eigenvalue weighted by molar-refractivity contribution is 0.382. The molecule has 0 spiro atoms. The zero-order valence-electron chi connectivity index (χ0n) is 17.5. The second-order valence-electron chi connectivity index (χ2n) is 7.51. The fourth-order valence-electron chi connectivity index (χ4n) is 3.83. The molecule has 2 nitrogen and oxygen atoms in total. The lowest BCUT2D eigenvalue weighted by atomic mass is 9.78. The predicted molar refractivity (Wildman–Crippen MR) is 127 cm³/mol. The zero-order valence-corrected chi connectivity index (χ0v) is 17.5. The van der Waals surface area contributed by atoms with Gasteiger partial charge in [-0.25, -0.2) is 0 Å². The van der Waals surface area contributed by atoms with Crippen LogP contribution in [0, 0.1) is 11.8 Å². The molecule has 3 aromatic rings. The van der Waals surface area contributed by atoms with Gasteiger partial charge in [0.15, 0.2) is 0 Å². The first-order valence-electron chi connectivity index (χ1n) is 10.5. The highest BCUT2D eigenvalue weighted by atomic mass is 15.4. The normalized spacial score (nSPS) is 17.7. The largest absolute Gasteiger partial charge is 0.301 e. The van der Waals surface area contributed by atoms with E-state index in [1.165, 1.54) is 22.3 Å². The van der Waals surface area contributed by atoms with Crippen molar-refractivity contribution in [3.63, 3.8) is 0 Å². The van der Waals surface area contributed by atoms with E-state index in [0.717, 1.165) is 24.2 Å². The molecule has 2 unspecified atom stereocenters. The molecule has 0 radical (unpaired) electrons. The molecular formula is C26H36N2. The Bertz CT molecular complexity index is 897. The maximum Gasteiger partial charge on any atom is 0.0543 e. The number of rotatable bonds is 3. The van der Waals surface area contributed by atoms with Crippen LogP contribution in [0.4, 0.5) is 11.4 Å². The van der Waals surface area contributed by atoms with Crippen molar-refractivity contribution in [3.05, 3.63) is 83.9 Å². The van der Waals surface area contributed by atoms with Crippen LogP contribution >= 0.6 is 0 Å². The number of hydrazine groups is 1. The SMILES string of the molecule is CC.CC1Cc2ccccc2-c2ccc(NNc3ccccc3)cc2CC1C.[HH].[HH]. The minimum absolute atomic E-state index is 0. The molecule has 0 heterocycles. The van der Waals surface area contributed by atoms with Crippen molar-refractivity contribution >= 4 is 11.4 Å². The first-order chi connectivity index (χ1) is 13.7. The molecule has 2 N–H and O–H groups in total. The van der Waals surface area contributed by atoms with Crippen molar-refractivity contribution in [3.8, 4) is 11.1 Å². The molecule has 150 valence electrons. The van der Waals surface area contributed by atoms with Crippen LogP contribution < -0.4 is 10.9 Å². The third kappa shape index (κ3) is 4.56. The summed E-state index contributed by atoms with van der Waals surface area (Å²) >= 11 is 0. The molecule has 0 amide bonds. The van der Waals surface area contributed by atoms with Crippen LogP contribution in [0.1, 0.15) is 41.7 Å². The van der Waals surface area contributed by atoms with Crippen molar-refractivity contribution in [2.75, 3.05) is 10.9 Å². The molecule has 1 aliphatic carbocycles. The monoisotopic (exact) mass is 376 g/mol. The molecule has 4 rings (SSSR count). The fraction of sp³-hybridized carbons (Fsp3) is 0.308. The Labute approximate surface area is 173 Å². The van der Waals surface area contributed by atoms with Gasteiger partial charge in [-0.1, -0.05) is 76.2 Å². The van der Waals surface area contributed by atoms with Crippen LogP contribution in [0.2, 0.25) is 0 Å². The molecule has 3 aromatic carbocycles. The minimum atomic E-state index is 0. The van der Waals surface area contributed by atoms with E-state index >= 15 is 0 Å². The van der Waals surface area contributed by atoms with E-state index < -0.39 is 0 Å². The summed E-state index contributed by atoms with van der Waals surface area (Å²) in [5, 5.41) is 0. The maximum absolute atomic E-state index is 3.35. The average Bonchev–Trinajstić information content (AvgIpc) is 2.74. The number of nitrogens with one attached hydrogen (secondary N) is 2. The maximum atomic E-state index is 3.35. The lowest BCUT2D eigenvalue weighted by Crippen LogP contribution is -2.17. The van der Waals surface area contributed by atoms with E-state index in [1.807, 2.05) is 32.0 Å². The number of hydrogen-bond donors (Lipinski definition) is 2. The Morgan fingerprint density at radius 2 is 1.21 bits per heavy atom. The zero-order chi connectivity index (χ0) is 19.9. The summed E-state index contributed by atoms with van der Waals surface area (Å²) in [5.74, 6) is 1.35. The van der Waals surface area contributed by atoms with E-state index in [0.29, 0.717) is 11.8 Å². The van der Waals surface area contributed by atoms with E-state index in [-0.39, 0.29) is 2.85 Å². The average molecular weight is 377 g/mol. The van der Waals surface area contributed by atoms with E-state index in [1.54, 1.807) is 0 Å². The second-order valence-corrected chi connectivity index (χ2v) is 7.51. The van der Waals surface area contributed by atoms with E-state index in [4.69, 9.17) is 0 Å². The molecule has 0 saturated heterocycles. The summed E-state index contributed by atoms with van der Waals surface area (Å²) in [4.78, 5) is 0. The molecule has 0 aliphatic heterocycles. The minimum Gasteiger partial charge on any atom is -0.301 e. The Hall–Kier alpha value is -2.74. The van der Waals surface area contributed by atoms with E-state index in [9.17, 15) is 0 Å². The fourth-order valence-corrected chi connectivity index (χ4v) is 3.83. The highest BCUT2D eigenvalue weighted by molar-refractivity contribution is 5.74. The van der Waals surface area contributed by atoms with Crippen molar-refractivity contribution in [1.29, 1.82) is 0 Å². The van der Waals surface area contributed by atoms with Gasteiger partial charge in [0.1, 0.15) is 0 Å². The number of anilines is 2. The van der Waals surface area contributed by atoms with Crippen LogP contribution in [0.3, 0.4) is 0 Å². The van der Waals surface area contributed by atoms with Gasteiger partial charge in [-0.2, -0.15) is 0 Å².